The fraction of sp³-hybridized carbons (Fsp3) is 0.167. The van der Waals surface area contributed by atoms with Gasteiger partial charge in [-0.1, -0.05) is 0 Å². The summed E-state index contributed by atoms with van der Waals surface area (Å²) in [5, 5.41) is 3.29. The van der Waals surface area contributed by atoms with Crippen molar-refractivity contribution in [3.63, 3.8) is 0 Å². The number of ether oxygens (including phenoxy) is 1. The molecule has 0 atom stereocenters. The van der Waals surface area contributed by atoms with Crippen molar-refractivity contribution >= 4 is 44.2 Å². The van der Waals surface area contributed by atoms with E-state index in [1.165, 1.54) is 0 Å². The lowest BCUT2D eigenvalue weighted by atomic mass is 10.3. The number of benzene rings is 1. The zero-order valence-electron chi connectivity index (χ0n) is 9.17. The third-order valence-corrected chi connectivity index (χ3v) is 3.53. The van der Waals surface area contributed by atoms with Crippen molar-refractivity contribution in [2.75, 3.05) is 12.4 Å². The highest BCUT2D eigenvalue weighted by Gasteiger charge is 2.04. The predicted octanol–water partition coefficient (Wildman–Crippen LogP) is 4.27. The Hall–Kier alpha value is -0.690. The lowest BCUT2D eigenvalue weighted by molar-refractivity contribution is 0.415. The van der Waals surface area contributed by atoms with Crippen molar-refractivity contribution in [1.29, 1.82) is 0 Å². The van der Waals surface area contributed by atoms with Crippen LogP contribution in [0.3, 0.4) is 0 Å². The van der Waals surface area contributed by atoms with Crippen LogP contribution in [0.2, 0.25) is 0 Å². The molecule has 0 amide bonds. The van der Waals surface area contributed by atoms with E-state index in [1.54, 1.807) is 7.11 Å². The van der Waals surface area contributed by atoms with E-state index >= 15 is 0 Å². The average molecular weight is 408 g/mol. The van der Waals surface area contributed by atoms with E-state index in [0.717, 1.165) is 25.4 Å². The van der Waals surface area contributed by atoms with Gasteiger partial charge in [0, 0.05) is 10.5 Å². The standard InChI is InChI=1S/C12H11BrINO2/c1-16-8-2-4-10(13)11(6-8)15-7-9-3-5-12(14)17-9/h2-6,15H,7H2,1H3. The van der Waals surface area contributed by atoms with Crippen LogP contribution in [-0.4, -0.2) is 7.11 Å². The summed E-state index contributed by atoms with van der Waals surface area (Å²) >= 11 is 5.64. The molecule has 0 aliphatic heterocycles. The summed E-state index contributed by atoms with van der Waals surface area (Å²) in [7, 11) is 1.65. The van der Waals surface area contributed by atoms with Crippen molar-refractivity contribution in [2.45, 2.75) is 6.54 Å². The van der Waals surface area contributed by atoms with E-state index in [1.807, 2.05) is 30.3 Å². The molecule has 0 spiro atoms. The molecule has 0 saturated heterocycles. The van der Waals surface area contributed by atoms with Crippen LogP contribution in [-0.2, 0) is 6.54 Å². The van der Waals surface area contributed by atoms with Gasteiger partial charge in [0.15, 0.2) is 3.77 Å². The van der Waals surface area contributed by atoms with Crippen LogP contribution in [0, 0.1) is 3.77 Å². The van der Waals surface area contributed by atoms with Gasteiger partial charge in [-0.2, -0.15) is 0 Å². The maximum absolute atomic E-state index is 5.48. The highest BCUT2D eigenvalue weighted by Crippen LogP contribution is 2.27. The maximum atomic E-state index is 5.48. The zero-order valence-corrected chi connectivity index (χ0v) is 12.9. The summed E-state index contributed by atoms with van der Waals surface area (Å²) in [6, 6.07) is 9.71. The van der Waals surface area contributed by atoms with E-state index in [9.17, 15) is 0 Å². The van der Waals surface area contributed by atoms with Crippen LogP contribution >= 0.6 is 38.5 Å². The molecule has 17 heavy (non-hydrogen) atoms. The summed E-state index contributed by atoms with van der Waals surface area (Å²) in [5.41, 5.74) is 0.982. The largest absolute Gasteiger partial charge is 0.497 e. The van der Waals surface area contributed by atoms with Crippen LogP contribution in [0.4, 0.5) is 5.69 Å². The number of anilines is 1. The molecule has 1 heterocycles. The molecule has 2 rings (SSSR count). The summed E-state index contributed by atoms with van der Waals surface area (Å²) in [5.74, 6) is 1.73. The molecular weight excluding hydrogens is 397 g/mol. The summed E-state index contributed by atoms with van der Waals surface area (Å²) < 4.78 is 12.6. The van der Waals surface area contributed by atoms with E-state index in [-0.39, 0.29) is 0 Å². The normalized spacial score (nSPS) is 10.3. The van der Waals surface area contributed by atoms with Gasteiger partial charge in [-0.15, -0.1) is 0 Å². The second-order valence-electron chi connectivity index (χ2n) is 3.41. The molecule has 1 N–H and O–H groups in total. The SMILES string of the molecule is COc1ccc(Br)c(NCc2ccc(I)o2)c1. The van der Waals surface area contributed by atoms with E-state index in [2.05, 4.69) is 43.8 Å². The van der Waals surface area contributed by atoms with Crippen molar-refractivity contribution < 1.29 is 9.15 Å². The zero-order chi connectivity index (χ0) is 12.3. The van der Waals surface area contributed by atoms with Gasteiger partial charge in [-0.05, 0) is 62.8 Å². The third-order valence-electron chi connectivity index (χ3n) is 2.26. The van der Waals surface area contributed by atoms with Gasteiger partial charge in [0.05, 0.1) is 19.3 Å². The molecule has 5 heteroatoms. The number of furan rings is 1. The van der Waals surface area contributed by atoms with Gasteiger partial charge in [0.1, 0.15) is 11.5 Å². The fourth-order valence-corrected chi connectivity index (χ4v) is 2.25. The van der Waals surface area contributed by atoms with Crippen molar-refractivity contribution in [1.82, 2.24) is 0 Å². The van der Waals surface area contributed by atoms with Gasteiger partial charge in [0.25, 0.3) is 0 Å². The van der Waals surface area contributed by atoms with Crippen LogP contribution < -0.4 is 10.1 Å². The number of nitrogens with one attached hydrogen (secondary N) is 1. The second kappa shape index (κ2) is 5.77. The molecule has 1 aromatic heterocycles. The number of rotatable bonds is 4. The van der Waals surface area contributed by atoms with Crippen molar-refractivity contribution in [3.05, 3.63) is 44.3 Å². The van der Waals surface area contributed by atoms with E-state index in [4.69, 9.17) is 9.15 Å². The van der Waals surface area contributed by atoms with Gasteiger partial charge in [0.2, 0.25) is 0 Å². The minimum Gasteiger partial charge on any atom is -0.497 e. The Morgan fingerprint density at radius 2 is 2.18 bits per heavy atom. The molecule has 2 aromatic rings. The number of hydrogen-bond donors (Lipinski definition) is 1. The lowest BCUT2D eigenvalue weighted by Gasteiger charge is -2.09. The third kappa shape index (κ3) is 3.38. The van der Waals surface area contributed by atoms with Crippen LogP contribution in [0.15, 0.2) is 39.2 Å². The van der Waals surface area contributed by atoms with E-state index < -0.39 is 0 Å². The second-order valence-corrected chi connectivity index (χ2v) is 5.32. The monoisotopic (exact) mass is 407 g/mol. The van der Waals surface area contributed by atoms with E-state index in [0.29, 0.717) is 6.54 Å². The van der Waals surface area contributed by atoms with Gasteiger partial charge in [-0.3, -0.25) is 0 Å². The minimum absolute atomic E-state index is 0.648. The van der Waals surface area contributed by atoms with Crippen LogP contribution in [0.5, 0.6) is 5.75 Å². The van der Waals surface area contributed by atoms with Gasteiger partial charge >= 0.3 is 0 Å². The molecule has 0 aliphatic carbocycles. The fourth-order valence-electron chi connectivity index (χ4n) is 1.40. The molecule has 3 nitrogen and oxygen atoms in total. The van der Waals surface area contributed by atoms with Gasteiger partial charge in [-0.25, -0.2) is 0 Å². The quantitative estimate of drug-likeness (QED) is 0.768. The molecule has 0 unspecified atom stereocenters. The molecule has 0 fully saturated rings. The Morgan fingerprint density at radius 3 is 2.82 bits per heavy atom. The Bertz CT molecular complexity index is 513. The topological polar surface area (TPSA) is 34.4 Å². The number of hydrogen-bond acceptors (Lipinski definition) is 3. The van der Waals surface area contributed by atoms with Crippen molar-refractivity contribution in [2.24, 2.45) is 0 Å². The maximum Gasteiger partial charge on any atom is 0.164 e. The first-order valence-electron chi connectivity index (χ1n) is 5.00. The molecule has 90 valence electrons. The molecule has 1 aromatic carbocycles. The van der Waals surface area contributed by atoms with Crippen molar-refractivity contribution in [3.8, 4) is 5.75 Å². The smallest absolute Gasteiger partial charge is 0.164 e. The van der Waals surface area contributed by atoms with Crippen LogP contribution in [0.1, 0.15) is 5.76 Å². The average Bonchev–Trinajstić information content (AvgIpc) is 2.74. The first-order chi connectivity index (χ1) is 8.19. The Balaban J connectivity index is 2.07. The summed E-state index contributed by atoms with van der Waals surface area (Å²) in [6.45, 7) is 0.648. The summed E-state index contributed by atoms with van der Waals surface area (Å²) in [6.07, 6.45) is 0. The highest BCUT2D eigenvalue weighted by atomic mass is 127. The Morgan fingerprint density at radius 1 is 1.35 bits per heavy atom. The molecule has 0 aliphatic rings. The number of halogens is 2. The molecule has 0 radical (unpaired) electrons. The van der Waals surface area contributed by atoms with Gasteiger partial charge < -0.3 is 14.5 Å². The van der Waals surface area contributed by atoms with Crippen LogP contribution in [0.25, 0.3) is 0 Å². The first kappa shape index (κ1) is 12.8. The Kier molecular flexibility index (Phi) is 4.33. The lowest BCUT2D eigenvalue weighted by Crippen LogP contribution is -1.99. The summed E-state index contributed by atoms with van der Waals surface area (Å²) in [4.78, 5) is 0. The predicted molar refractivity (Wildman–Crippen MR) is 79.4 cm³/mol. The highest BCUT2D eigenvalue weighted by molar-refractivity contribution is 14.1. The Labute approximate surface area is 122 Å². The molecule has 0 saturated carbocycles. The molecule has 0 bridgehead atoms. The molecular formula is C12H11BrINO2. The number of methoxy groups -OCH3 is 1. The first-order valence-corrected chi connectivity index (χ1v) is 6.88. The minimum atomic E-state index is 0.648.